The molecule has 3 fully saturated rings. The molecule has 8 nitrogen and oxygen atoms in total. The lowest BCUT2D eigenvalue weighted by atomic mass is 9.64. The van der Waals surface area contributed by atoms with Gasteiger partial charge in [0.2, 0.25) is 0 Å². The summed E-state index contributed by atoms with van der Waals surface area (Å²) in [6, 6.07) is 5.24. The first kappa shape index (κ1) is 23.1. The Kier molecular flexibility index (Phi) is 5.86. The van der Waals surface area contributed by atoms with Crippen LogP contribution in [0.3, 0.4) is 0 Å². The van der Waals surface area contributed by atoms with E-state index in [1.807, 2.05) is 24.0 Å². The Balaban J connectivity index is 1.41. The molecule has 0 aromatic carbocycles. The number of carbonyl (C=O) groups is 1. The Morgan fingerprint density at radius 2 is 1.86 bits per heavy atom. The van der Waals surface area contributed by atoms with E-state index in [9.17, 15) is 18.0 Å². The fourth-order valence-electron chi connectivity index (χ4n) is 4.96. The van der Waals surface area contributed by atoms with Crippen molar-refractivity contribution in [1.82, 2.24) is 29.8 Å². The summed E-state index contributed by atoms with van der Waals surface area (Å²) in [7, 11) is 0. The highest BCUT2D eigenvalue weighted by molar-refractivity contribution is 5.98. The number of nitrogens with zero attached hydrogens (tertiary/aromatic N) is 6. The zero-order chi connectivity index (χ0) is 24.7. The minimum absolute atomic E-state index is 0.0843. The van der Waals surface area contributed by atoms with Crippen LogP contribution in [-0.4, -0.2) is 54.4 Å². The van der Waals surface area contributed by atoms with Crippen molar-refractivity contribution in [3.63, 3.8) is 0 Å². The van der Waals surface area contributed by atoms with Crippen LogP contribution in [0.4, 0.5) is 19.0 Å². The number of nitrogens with one attached hydrogen (secondary N) is 1. The van der Waals surface area contributed by atoms with E-state index in [0.717, 1.165) is 19.0 Å². The van der Waals surface area contributed by atoms with Crippen LogP contribution in [0.1, 0.15) is 41.6 Å². The van der Waals surface area contributed by atoms with E-state index >= 15 is 0 Å². The predicted octanol–water partition coefficient (Wildman–Crippen LogP) is 4.01. The summed E-state index contributed by atoms with van der Waals surface area (Å²) in [5, 5.41) is 3.08. The Morgan fingerprint density at radius 1 is 1.11 bits per heavy atom. The van der Waals surface area contributed by atoms with Gasteiger partial charge < -0.3 is 10.2 Å². The number of pyridine rings is 1. The molecule has 2 aliphatic heterocycles. The number of aryl methyl sites for hydroxylation is 1. The van der Waals surface area contributed by atoms with Crippen LogP contribution in [0.2, 0.25) is 0 Å². The van der Waals surface area contributed by atoms with Crippen molar-refractivity contribution in [1.29, 1.82) is 0 Å². The third-order valence-electron chi connectivity index (χ3n) is 6.96. The number of piperidine rings is 2. The average Bonchev–Trinajstić information content (AvgIpc) is 2.82. The third-order valence-corrected chi connectivity index (χ3v) is 6.96. The molecule has 182 valence electrons. The standard InChI is InChI=1S/C24H24F3N7O/c1-13-4-5-17(22-28-6-3-7-29-22)21(33-13)23(35)34-16-8-15(9-16)14(2)18(34)10-31-20-12-30-19(11-32-20)24(25,26)27/h3-7,11-12,14-16,18H,8-10H2,1-2H3,(H,31,32)/t14-,15?,16?,18-/m0/s1. The molecule has 11 heteroatoms. The van der Waals surface area contributed by atoms with E-state index < -0.39 is 11.9 Å². The summed E-state index contributed by atoms with van der Waals surface area (Å²) < 4.78 is 38.4. The maximum Gasteiger partial charge on any atom is 0.434 e. The number of amides is 1. The summed E-state index contributed by atoms with van der Waals surface area (Å²) in [5.74, 6) is 1.15. The summed E-state index contributed by atoms with van der Waals surface area (Å²) in [6.07, 6.45) is 2.31. The van der Waals surface area contributed by atoms with Gasteiger partial charge in [-0.3, -0.25) is 4.79 Å². The number of anilines is 1. The van der Waals surface area contributed by atoms with E-state index in [-0.39, 0.29) is 29.7 Å². The molecule has 1 saturated carbocycles. The van der Waals surface area contributed by atoms with Crippen molar-refractivity contribution < 1.29 is 18.0 Å². The van der Waals surface area contributed by atoms with Crippen molar-refractivity contribution in [2.75, 3.05) is 11.9 Å². The monoisotopic (exact) mass is 483 g/mol. The molecule has 0 radical (unpaired) electrons. The zero-order valence-corrected chi connectivity index (χ0v) is 19.2. The molecule has 3 aromatic heterocycles. The number of halogens is 3. The van der Waals surface area contributed by atoms with Gasteiger partial charge in [0.05, 0.1) is 24.0 Å². The molecule has 0 unspecified atom stereocenters. The molecule has 0 spiro atoms. The normalized spacial score (nSPS) is 23.5. The minimum Gasteiger partial charge on any atom is -0.367 e. The second kappa shape index (κ2) is 8.86. The third kappa shape index (κ3) is 4.42. The fourth-order valence-corrected chi connectivity index (χ4v) is 4.96. The number of hydrogen-bond donors (Lipinski definition) is 1. The second-order valence-corrected chi connectivity index (χ2v) is 9.11. The number of carbonyl (C=O) groups excluding carboxylic acids is 1. The van der Waals surface area contributed by atoms with E-state index in [1.165, 1.54) is 0 Å². The van der Waals surface area contributed by atoms with Crippen molar-refractivity contribution in [3.8, 4) is 11.4 Å². The highest BCUT2D eigenvalue weighted by Gasteiger charge is 2.51. The molecule has 1 aliphatic carbocycles. The second-order valence-electron chi connectivity index (χ2n) is 9.11. The molecule has 2 saturated heterocycles. The fraction of sp³-hybridized carbons (Fsp3) is 0.417. The smallest absolute Gasteiger partial charge is 0.367 e. The summed E-state index contributed by atoms with van der Waals surface area (Å²) in [4.78, 5) is 36.3. The lowest BCUT2D eigenvalue weighted by molar-refractivity contribution is -0.141. The average molecular weight is 483 g/mol. The van der Waals surface area contributed by atoms with E-state index in [4.69, 9.17) is 0 Å². The summed E-state index contributed by atoms with van der Waals surface area (Å²) >= 11 is 0. The van der Waals surface area contributed by atoms with Crippen LogP contribution in [-0.2, 0) is 6.18 Å². The number of fused-ring (bicyclic) bond motifs is 2. The molecule has 35 heavy (non-hydrogen) atoms. The van der Waals surface area contributed by atoms with Crippen molar-refractivity contribution in [3.05, 3.63) is 60.1 Å². The number of rotatable bonds is 5. The molecule has 5 heterocycles. The largest absolute Gasteiger partial charge is 0.434 e. The highest BCUT2D eigenvalue weighted by Crippen LogP contribution is 2.47. The predicted molar refractivity (Wildman–Crippen MR) is 121 cm³/mol. The van der Waals surface area contributed by atoms with Gasteiger partial charge in [0.25, 0.3) is 5.91 Å². The summed E-state index contributed by atoms with van der Waals surface area (Å²) in [5.41, 5.74) is 0.524. The SMILES string of the molecule is Cc1ccc(-c2ncccn2)c(C(=O)N2C3CC(C3)[C@H](C)[C@@H]2CNc2cnc(C(F)(F)F)cn2)n1. The van der Waals surface area contributed by atoms with Crippen LogP contribution in [0, 0.1) is 18.8 Å². The van der Waals surface area contributed by atoms with E-state index in [1.54, 1.807) is 18.5 Å². The molecule has 2 atom stereocenters. The quantitative estimate of drug-likeness (QED) is 0.586. The van der Waals surface area contributed by atoms with Gasteiger partial charge in [0, 0.05) is 30.7 Å². The van der Waals surface area contributed by atoms with Crippen molar-refractivity contribution in [2.24, 2.45) is 11.8 Å². The number of alkyl halides is 3. The minimum atomic E-state index is -4.55. The maximum absolute atomic E-state index is 13.9. The molecule has 6 rings (SSSR count). The van der Waals surface area contributed by atoms with Crippen LogP contribution < -0.4 is 5.32 Å². The van der Waals surface area contributed by atoms with Gasteiger partial charge >= 0.3 is 6.18 Å². The van der Waals surface area contributed by atoms with Crippen LogP contribution in [0.5, 0.6) is 0 Å². The maximum atomic E-state index is 13.9. The summed E-state index contributed by atoms with van der Waals surface area (Å²) in [6.45, 7) is 4.27. The van der Waals surface area contributed by atoms with E-state index in [0.29, 0.717) is 41.4 Å². The van der Waals surface area contributed by atoms with Crippen LogP contribution >= 0.6 is 0 Å². The van der Waals surface area contributed by atoms with Gasteiger partial charge in [-0.2, -0.15) is 13.2 Å². The molecular weight excluding hydrogens is 459 g/mol. The van der Waals surface area contributed by atoms with Gasteiger partial charge in [-0.1, -0.05) is 6.92 Å². The Labute approximate surface area is 200 Å². The van der Waals surface area contributed by atoms with Gasteiger partial charge in [-0.25, -0.2) is 24.9 Å². The first-order valence-corrected chi connectivity index (χ1v) is 11.4. The lowest BCUT2D eigenvalue weighted by Crippen LogP contribution is -2.64. The Bertz CT molecular complexity index is 1210. The molecule has 3 aliphatic rings. The molecule has 3 aromatic rings. The highest BCUT2D eigenvalue weighted by atomic mass is 19.4. The lowest BCUT2D eigenvalue weighted by Gasteiger charge is -2.57. The molecule has 1 N–H and O–H groups in total. The van der Waals surface area contributed by atoms with Crippen LogP contribution in [0.15, 0.2) is 43.0 Å². The number of aromatic nitrogens is 5. The molecular formula is C24H24F3N7O. The topological polar surface area (TPSA) is 96.8 Å². The van der Waals surface area contributed by atoms with E-state index in [2.05, 4.69) is 37.2 Å². The van der Waals surface area contributed by atoms with Gasteiger partial charge in [0.1, 0.15) is 11.5 Å². The molecule has 2 bridgehead atoms. The number of hydrogen-bond acceptors (Lipinski definition) is 7. The first-order valence-electron chi connectivity index (χ1n) is 11.4. The Morgan fingerprint density at radius 3 is 2.51 bits per heavy atom. The first-order chi connectivity index (χ1) is 16.7. The van der Waals surface area contributed by atoms with Gasteiger partial charge in [-0.15, -0.1) is 0 Å². The van der Waals surface area contributed by atoms with Crippen LogP contribution in [0.25, 0.3) is 11.4 Å². The molecule has 1 amide bonds. The Hall–Kier alpha value is -3.63. The van der Waals surface area contributed by atoms with Gasteiger partial charge in [0.15, 0.2) is 11.5 Å². The van der Waals surface area contributed by atoms with Crippen molar-refractivity contribution in [2.45, 2.75) is 44.9 Å². The van der Waals surface area contributed by atoms with Gasteiger partial charge in [-0.05, 0) is 49.8 Å². The van der Waals surface area contributed by atoms with Crippen molar-refractivity contribution >= 4 is 11.7 Å². The zero-order valence-electron chi connectivity index (χ0n) is 19.2.